The monoisotopic (exact) mass is 308 g/mol. The Hall–Kier alpha value is -2.16. The fraction of sp³-hybridized carbons (Fsp3) is 0.133. The summed E-state index contributed by atoms with van der Waals surface area (Å²) in [6.45, 7) is -0.0441. The minimum Gasteiger partial charge on any atom is -0.386 e. The molecule has 2 N–H and O–H groups in total. The van der Waals surface area contributed by atoms with E-state index >= 15 is 0 Å². The number of anilines is 1. The molecule has 1 unspecified atom stereocenters. The molecular formula is C15H11ClF2N2O. The lowest BCUT2D eigenvalue weighted by atomic mass is 10.1. The molecular weight excluding hydrogens is 298 g/mol. The van der Waals surface area contributed by atoms with Gasteiger partial charge in [0.1, 0.15) is 17.7 Å². The van der Waals surface area contributed by atoms with Crippen LogP contribution in [0.4, 0.5) is 14.5 Å². The Morgan fingerprint density at radius 2 is 2.00 bits per heavy atom. The van der Waals surface area contributed by atoms with Crippen molar-refractivity contribution in [1.82, 2.24) is 0 Å². The molecule has 2 aromatic carbocycles. The van der Waals surface area contributed by atoms with Crippen LogP contribution in [0.2, 0.25) is 5.02 Å². The van der Waals surface area contributed by atoms with Crippen molar-refractivity contribution >= 4 is 17.3 Å². The van der Waals surface area contributed by atoms with E-state index in [9.17, 15) is 13.9 Å². The third-order valence-corrected chi connectivity index (χ3v) is 3.14. The summed E-state index contributed by atoms with van der Waals surface area (Å²) < 4.78 is 26.4. The zero-order valence-electron chi connectivity index (χ0n) is 10.8. The lowest BCUT2D eigenvalue weighted by Gasteiger charge is -2.15. The average Bonchev–Trinajstić information content (AvgIpc) is 2.45. The van der Waals surface area contributed by atoms with Crippen LogP contribution >= 0.6 is 11.6 Å². The zero-order chi connectivity index (χ0) is 15.4. The van der Waals surface area contributed by atoms with Gasteiger partial charge in [0.25, 0.3) is 0 Å². The molecule has 1 atom stereocenters. The number of nitrogens with zero attached hydrogens (tertiary/aromatic N) is 1. The van der Waals surface area contributed by atoms with E-state index in [1.54, 1.807) is 6.07 Å². The fourth-order valence-electron chi connectivity index (χ4n) is 1.85. The molecule has 2 aromatic rings. The Morgan fingerprint density at radius 1 is 1.24 bits per heavy atom. The number of rotatable bonds is 4. The molecule has 0 fully saturated rings. The van der Waals surface area contributed by atoms with Gasteiger partial charge >= 0.3 is 0 Å². The Kier molecular flexibility index (Phi) is 4.73. The van der Waals surface area contributed by atoms with Gasteiger partial charge in [-0.2, -0.15) is 5.26 Å². The average molecular weight is 309 g/mol. The van der Waals surface area contributed by atoms with Gasteiger partial charge in [-0.15, -0.1) is 0 Å². The number of benzene rings is 2. The van der Waals surface area contributed by atoms with Gasteiger partial charge in [-0.3, -0.25) is 0 Å². The van der Waals surface area contributed by atoms with Gasteiger partial charge in [-0.05, 0) is 24.3 Å². The largest absolute Gasteiger partial charge is 0.386 e. The molecule has 0 bridgehead atoms. The third-order valence-electron chi connectivity index (χ3n) is 2.91. The highest BCUT2D eigenvalue weighted by molar-refractivity contribution is 6.30. The lowest BCUT2D eigenvalue weighted by molar-refractivity contribution is 0.186. The smallest absolute Gasteiger partial charge is 0.131 e. The summed E-state index contributed by atoms with van der Waals surface area (Å²) in [6.07, 6.45) is -1.18. The van der Waals surface area contributed by atoms with Crippen molar-refractivity contribution in [1.29, 1.82) is 5.26 Å². The molecule has 0 heterocycles. The van der Waals surface area contributed by atoms with Crippen molar-refractivity contribution in [3.8, 4) is 6.07 Å². The van der Waals surface area contributed by atoms with E-state index in [4.69, 9.17) is 16.9 Å². The summed E-state index contributed by atoms with van der Waals surface area (Å²) in [6, 6.07) is 9.58. The summed E-state index contributed by atoms with van der Waals surface area (Å²) >= 11 is 5.84. The Morgan fingerprint density at radius 3 is 2.67 bits per heavy atom. The number of hydrogen-bond acceptors (Lipinski definition) is 3. The number of aliphatic hydroxyl groups is 1. The number of halogens is 3. The summed E-state index contributed by atoms with van der Waals surface area (Å²) in [5.74, 6) is -1.53. The first-order valence-corrected chi connectivity index (χ1v) is 6.45. The Balaban J connectivity index is 2.13. The fourth-order valence-corrected chi connectivity index (χ4v) is 2.02. The van der Waals surface area contributed by atoms with Crippen LogP contribution in [0.25, 0.3) is 0 Å². The molecule has 0 aliphatic carbocycles. The van der Waals surface area contributed by atoms with Crippen molar-refractivity contribution in [2.24, 2.45) is 0 Å². The summed E-state index contributed by atoms with van der Waals surface area (Å²) in [7, 11) is 0. The van der Waals surface area contributed by atoms with Gasteiger partial charge in [0.05, 0.1) is 17.4 Å². The van der Waals surface area contributed by atoms with Crippen molar-refractivity contribution in [3.63, 3.8) is 0 Å². The molecule has 0 saturated carbocycles. The van der Waals surface area contributed by atoms with Gasteiger partial charge < -0.3 is 10.4 Å². The van der Waals surface area contributed by atoms with Gasteiger partial charge in [0, 0.05) is 23.2 Å². The third kappa shape index (κ3) is 3.69. The number of aliphatic hydroxyl groups excluding tert-OH is 1. The first kappa shape index (κ1) is 15.2. The Labute approximate surface area is 125 Å². The van der Waals surface area contributed by atoms with Crippen molar-refractivity contribution in [3.05, 3.63) is 64.2 Å². The molecule has 0 aromatic heterocycles. The van der Waals surface area contributed by atoms with E-state index in [0.29, 0.717) is 22.3 Å². The summed E-state index contributed by atoms with van der Waals surface area (Å²) in [5, 5.41) is 22.2. The predicted molar refractivity (Wildman–Crippen MR) is 76.0 cm³/mol. The maximum atomic E-state index is 13.5. The highest BCUT2D eigenvalue weighted by Gasteiger charge is 2.14. The molecule has 3 nitrogen and oxygen atoms in total. The minimum absolute atomic E-state index is 0.0237. The summed E-state index contributed by atoms with van der Waals surface area (Å²) in [5.41, 5.74) is 0.766. The molecule has 0 saturated heterocycles. The second kappa shape index (κ2) is 6.53. The molecule has 0 aliphatic rings. The van der Waals surface area contributed by atoms with E-state index in [0.717, 1.165) is 6.07 Å². The van der Waals surface area contributed by atoms with E-state index in [2.05, 4.69) is 5.32 Å². The minimum atomic E-state index is -1.18. The van der Waals surface area contributed by atoms with Crippen LogP contribution in [0, 0.1) is 23.0 Å². The van der Waals surface area contributed by atoms with Crippen LogP contribution < -0.4 is 5.32 Å². The highest BCUT2D eigenvalue weighted by Crippen LogP contribution is 2.23. The second-order valence-electron chi connectivity index (χ2n) is 4.36. The van der Waals surface area contributed by atoms with E-state index < -0.39 is 17.7 Å². The van der Waals surface area contributed by atoms with Crippen molar-refractivity contribution in [2.75, 3.05) is 11.9 Å². The molecule has 2 rings (SSSR count). The number of nitrogens with one attached hydrogen (secondary N) is 1. The summed E-state index contributed by atoms with van der Waals surface area (Å²) in [4.78, 5) is 0. The molecule has 21 heavy (non-hydrogen) atoms. The SMILES string of the molecule is N#Cc1ccc(Cl)cc1NCC(O)c1ccc(F)cc1F. The first-order chi connectivity index (χ1) is 10.0. The maximum absolute atomic E-state index is 13.5. The van der Waals surface area contributed by atoms with Crippen LogP contribution in [0.15, 0.2) is 36.4 Å². The zero-order valence-corrected chi connectivity index (χ0v) is 11.5. The predicted octanol–water partition coefficient (Wildman–Crippen LogP) is 3.64. The topological polar surface area (TPSA) is 56.0 Å². The standard InChI is InChI=1S/C15H11ClF2N2O/c16-10-2-1-9(7-19)14(5-10)20-8-15(21)12-4-3-11(17)6-13(12)18/h1-6,15,20-21H,8H2. The molecule has 0 spiro atoms. The number of hydrogen-bond donors (Lipinski definition) is 2. The van der Waals surface area contributed by atoms with Crippen LogP contribution in [0.5, 0.6) is 0 Å². The first-order valence-electron chi connectivity index (χ1n) is 6.08. The maximum Gasteiger partial charge on any atom is 0.131 e. The molecule has 0 radical (unpaired) electrons. The Bertz CT molecular complexity index is 701. The van der Waals surface area contributed by atoms with Gasteiger partial charge in [0.2, 0.25) is 0 Å². The van der Waals surface area contributed by atoms with E-state index in [1.807, 2.05) is 6.07 Å². The second-order valence-corrected chi connectivity index (χ2v) is 4.80. The molecule has 0 aliphatic heterocycles. The molecule has 0 amide bonds. The van der Waals surface area contributed by atoms with Crippen LogP contribution in [0.3, 0.4) is 0 Å². The molecule has 6 heteroatoms. The van der Waals surface area contributed by atoms with E-state index in [1.165, 1.54) is 18.2 Å². The van der Waals surface area contributed by atoms with Crippen molar-refractivity contribution < 1.29 is 13.9 Å². The lowest BCUT2D eigenvalue weighted by Crippen LogP contribution is -2.14. The van der Waals surface area contributed by atoms with Crippen LogP contribution in [0.1, 0.15) is 17.2 Å². The van der Waals surface area contributed by atoms with Crippen LogP contribution in [-0.4, -0.2) is 11.7 Å². The highest BCUT2D eigenvalue weighted by atomic mass is 35.5. The van der Waals surface area contributed by atoms with Crippen LogP contribution in [-0.2, 0) is 0 Å². The molecule has 108 valence electrons. The van der Waals surface area contributed by atoms with Crippen molar-refractivity contribution in [2.45, 2.75) is 6.10 Å². The quantitative estimate of drug-likeness (QED) is 0.906. The number of nitriles is 1. The normalized spacial score (nSPS) is 11.8. The van der Waals surface area contributed by atoms with Gasteiger partial charge in [-0.1, -0.05) is 17.7 Å². The van der Waals surface area contributed by atoms with Gasteiger partial charge in [-0.25, -0.2) is 8.78 Å². The van der Waals surface area contributed by atoms with Gasteiger partial charge in [0.15, 0.2) is 0 Å². The van der Waals surface area contributed by atoms with E-state index in [-0.39, 0.29) is 12.1 Å².